The van der Waals surface area contributed by atoms with E-state index in [1.165, 1.54) is 10.6 Å². The summed E-state index contributed by atoms with van der Waals surface area (Å²) in [6, 6.07) is 11.9. The van der Waals surface area contributed by atoms with Crippen LogP contribution in [0.15, 0.2) is 47.3 Å². The molecule has 0 amide bonds. The Bertz CT molecular complexity index is 1230. The first-order valence-corrected chi connectivity index (χ1v) is 8.20. The fourth-order valence-electron chi connectivity index (χ4n) is 3.01. The Labute approximate surface area is 153 Å². The van der Waals surface area contributed by atoms with Gasteiger partial charge in [0.05, 0.1) is 12.8 Å². The predicted molar refractivity (Wildman–Crippen MR) is 102 cm³/mol. The molecule has 0 unspecified atom stereocenters. The van der Waals surface area contributed by atoms with Crippen molar-refractivity contribution in [1.29, 1.82) is 0 Å². The number of fused-ring (bicyclic) bond motifs is 1. The highest BCUT2D eigenvalue weighted by atomic mass is 16.5. The number of nitrogens with two attached hydrogens (primary N) is 1. The van der Waals surface area contributed by atoms with E-state index < -0.39 is 0 Å². The number of nitrogens with one attached hydrogen (secondary N) is 1. The standard InChI is InChI=1S/C19H17N5O3/c1-10-8-13(27-2)6-7-14(10)24-18-15(21-19(24)26)16(20)22-17(23-18)11-4-3-5-12(25)9-11/h3-9,25H,1-2H3,(H,21,26)(H2,20,22,23). The van der Waals surface area contributed by atoms with Crippen molar-refractivity contribution in [1.82, 2.24) is 19.5 Å². The van der Waals surface area contributed by atoms with Gasteiger partial charge in [0.25, 0.3) is 0 Å². The molecule has 4 N–H and O–H groups in total. The van der Waals surface area contributed by atoms with Crippen molar-refractivity contribution in [2.45, 2.75) is 6.92 Å². The first-order chi connectivity index (χ1) is 13.0. The molecular weight excluding hydrogens is 346 g/mol. The second kappa shape index (κ2) is 6.17. The fraction of sp³-hybridized carbons (Fsp3) is 0.105. The molecule has 4 aromatic rings. The minimum Gasteiger partial charge on any atom is -0.508 e. The minimum absolute atomic E-state index is 0.0900. The van der Waals surface area contributed by atoms with Crippen molar-refractivity contribution in [3.05, 3.63) is 58.5 Å². The van der Waals surface area contributed by atoms with E-state index in [1.807, 2.05) is 13.0 Å². The van der Waals surface area contributed by atoms with Crippen LogP contribution in [-0.2, 0) is 0 Å². The normalized spacial score (nSPS) is 11.0. The molecule has 136 valence electrons. The number of H-pyrrole nitrogens is 1. The molecule has 0 atom stereocenters. The van der Waals surface area contributed by atoms with Gasteiger partial charge in [-0.25, -0.2) is 19.3 Å². The van der Waals surface area contributed by atoms with Gasteiger partial charge < -0.3 is 20.6 Å². The molecule has 4 rings (SSSR count). The van der Waals surface area contributed by atoms with Crippen LogP contribution in [0.5, 0.6) is 11.5 Å². The summed E-state index contributed by atoms with van der Waals surface area (Å²) < 4.78 is 6.68. The van der Waals surface area contributed by atoms with Crippen LogP contribution >= 0.6 is 0 Å². The number of anilines is 1. The SMILES string of the molecule is COc1ccc(-n2c(=O)[nH]c3c(N)nc(-c4cccc(O)c4)nc32)c(C)c1. The van der Waals surface area contributed by atoms with Crippen molar-refractivity contribution < 1.29 is 9.84 Å². The van der Waals surface area contributed by atoms with Crippen LogP contribution in [0.2, 0.25) is 0 Å². The molecule has 2 heterocycles. The van der Waals surface area contributed by atoms with Crippen LogP contribution in [0.1, 0.15) is 5.56 Å². The lowest BCUT2D eigenvalue weighted by atomic mass is 10.2. The zero-order chi connectivity index (χ0) is 19.1. The van der Waals surface area contributed by atoms with Crippen LogP contribution in [0.4, 0.5) is 5.82 Å². The number of hydrogen-bond acceptors (Lipinski definition) is 6. The Balaban J connectivity index is 1.99. The van der Waals surface area contributed by atoms with Crippen molar-refractivity contribution >= 4 is 17.0 Å². The fourth-order valence-corrected chi connectivity index (χ4v) is 3.01. The van der Waals surface area contributed by atoms with Gasteiger partial charge in [-0.2, -0.15) is 0 Å². The van der Waals surface area contributed by atoms with E-state index in [2.05, 4.69) is 15.0 Å². The highest BCUT2D eigenvalue weighted by Crippen LogP contribution is 2.26. The molecular formula is C19H17N5O3. The number of aromatic hydroxyl groups is 1. The van der Waals surface area contributed by atoms with Gasteiger partial charge in [0.1, 0.15) is 17.0 Å². The molecule has 8 nitrogen and oxygen atoms in total. The largest absolute Gasteiger partial charge is 0.508 e. The second-order valence-corrected chi connectivity index (χ2v) is 6.10. The molecule has 0 fully saturated rings. The first-order valence-electron chi connectivity index (χ1n) is 8.20. The van der Waals surface area contributed by atoms with Crippen molar-refractivity contribution in [2.24, 2.45) is 0 Å². The summed E-state index contributed by atoms with van der Waals surface area (Å²) in [5.74, 6) is 1.25. The number of imidazole rings is 1. The number of aryl methyl sites for hydroxylation is 1. The van der Waals surface area contributed by atoms with Gasteiger partial charge in [0.15, 0.2) is 17.3 Å². The van der Waals surface area contributed by atoms with E-state index in [-0.39, 0.29) is 17.3 Å². The Morgan fingerprint density at radius 1 is 1.19 bits per heavy atom. The number of aromatic amines is 1. The third-order valence-electron chi connectivity index (χ3n) is 4.31. The van der Waals surface area contributed by atoms with Crippen LogP contribution in [0.3, 0.4) is 0 Å². The van der Waals surface area contributed by atoms with Crippen molar-refractivity contribution in [3.8, 4) is 28.6 Å². The lowest BCUT2D eigenvalue weighted by Crippen LogP contribution is -2.16. The van der Waals surface area contributed by atoms with Gasteiger partial charge >= 0.3 is 5.69 Å². The number of nitrogen functional groups attached to an aromatic ring is 1. The molecule has 0 spiro atoms. The number of aromatic nitrogens is 4. The van der Waals surface area contributed by atoms with Crippen LogP contribution < -0.4 is 16.2 Å². The summed E-state index contributed by atoms with van der Waals surface area (Å²) in [5, 5.41) is 9.72. The van der Waals surface area contributed by atoms with E-state index in [1.54, 1.807) is 37.4 Å². The maximum Gasteiger partial charge on any atom is 0.332 e. The summed E-state index contributed by atoms with van der Waals surface area (Å²) in [7, 11) is 1.59. The number of ether oxygens (including phenoxy) is 1. The molecule has 8 heteroatoms. The Morgan fingerprint density at radius 2 is 2.00 bits per heavy atom. The molecule has 0 saturated carbocycles. The monoisotopic (exact) mass is 363 g/mol. The third-order valence-corrected chi connectivity index (χ3v) is 4.31. The minimum atomic E-state index is -0.368. The van der Waals surface area contributed by atoms with Gasteiger partial charge in [-0.05, 0) is 42.8 Å². The molecule has 0 bridgehead atoms. The van der Waals surface area contributed by atoms with Gasteiger partial charge in [-0.15, -0.1) is 0 Å². The van der Waals surface area contributed by atoms with Crippen LogP contribution in [-0.4, -0.2) is 31.7 Å². The second-order valence-electron chi connectivity index (χ2n) is 6.10. The van der Waals surface area contributed by atoms with E-state index in [9.17, 15) is 9.90 Å². The van der Waals surface area contributed by atoms with E-state index in [0.717, 1.165) is 5.56 Å². The summed E-state index contributed by atoms with van der Waals surface area (Å²) >= 11 is 0. The Morgan fingerprint density at radius 3 is 2.70 bits per heavy atom. The van der Waals surface area contributed by atoms with E-state index in [0.29, 0.717) is 34.0 Å². The maximum atomic E-state index is 12.6. The highest BCUT2D eigenvalue weighted by Gasteiger charge is 2.17. The highest BCUT2D eigenvalue weighted by molar-refractivity contribution is 5.85. The molecule has 2 aromatic heterocycles. The van der Waals surface area contributed by atoms with E-state index >= 15 is 0 Å². The summed E-state index contributed by atoms with van der Waals surface area (Å²) in [6.07, 6.45) is 0. The zero-order valence-electron chi connectivity index (χ0n) is 14.7. The van der Waals surface area contributed by atoms with E-state index in [4.69, 9.17) is 10.5 Å². The third kappa shape index (κ3) is 2.77. The number of methoxy groups -OCH3 is 1. The topological polar surface area (TPSA) is 119 Å². The van der Waals surface area contributed by atoms with Gasteiger partial charge in [0, 0.05) is 5.56 Å². The molecule has 0 aliphatic carbocycles. The smallest absolute Gasteiger partial charge is 0.332 e. The molecule has 0 aliphatic rings. The van der Waals surface area contributed by atoms with Crippen molar-refractivity contribution in [2.75, 3.05) is 12.8 Å². The summed E-state index contributed by atoms with van der Waals surface area (Å²) in [6.45, 7) is 1.88. The number of phenols is 1. The maximum absolute atomic E-state index is 12.6. The molecule has 2 aromatic carbocycles. The summed E-state index contributed by atoms with van der Waals surface area (Å²) in [4.78, 5) is 24.1. The van der Waals surface area contributed by atoms with Crippen molar-refractivity contribution in [3.63, 3.8) is 0 Å². The average Bonchev–Trinajstić information content (AvgIpc) is 2.98. The number of rotatable bonds is 3. The summed E-state index contributed by atoms with van der Waals surface area (Å²) in [5.41, 5.74) is 8.50. The zero-order valence-corrected chi connectivity index (χ0v) is 14.7. The average molecular weight is 363 g/mol. The molecule has 0 saturated heterocycles. The van der Waals surface area contributed by atoms with Gasteiger partial charge in [0.2, 0.25) is 0 Å². The lowest BCUT2D eigenvalue weighted by Gasteiger charge is -2.10. The van der Waals surface area contributed by atoms with Crippen LogP contribution in [0.25, 0.3) is 28.2 Å². The Hall–Kier alpha value is -3.81. The molecule has 0 radical (unpaired) electrons. The predicted octanol–water partition coefficient (Wildman–Crippen LogP) is 2.38. The van der Waals surface area contributed by atoms with Gasteiger partial charge in [-0.3, -0.25) is 0 Å². The van der Waals surface area contributed by atoms with Gasteiger partial charge in [-0.1, -0.05) is 12.1 Å². The number of hydrogen-bond donors (Lipinski definition) is 3. The first kappa shape index (κ1) is 16.6. The number of phenolic OH excluding ortho intramolecular Hbond substituents is 1. The molecule has 27 heavy (non-hydrogen) atoms. The number of benzene rings is 2. The van der Waals surface area contributed by atoms with Crippen LogP contribution in [0, 0.1) is 6.92 Å². The Kier molecular flexibility index (Phi) is 3.80. The molecule has 0 aliphatic heterocycles. The lowest BCUT2D eigenvalue weighted by molar-refractivity contribution is 0.414. The number of nitrogens with zero attached hydrogens (tertiary/aromatic N) is 3. The quantitative estimate of drug-likeness (QED) is 0.514.